The number of hydrogen-bond acceptors (Lipinski definition) is 6. The van der Waals surface area contributed by atoms with Crippen molar-refractivity contribution in [1.29, 1.82) is 0 Å². The molecule has 6 nitrogen and oxygen atoms in total. The highest BCUT2D eigenvalue weighted by Crippen LogP contribution is 2.32. The molecule has 2 atom stereocenters. The fraction of sp³-hybridized carbons (Fsp3) is 0.528. The molecule has 0 unspecified atom stereocenters. The Kier molecular flexibility index (Phi) is 14.2. The molecule has 0 aliphatic heterocycles. The number of amides is 1. The minimum Gasteiger partial charge on any atom is -0.444 e. The van der Waals surface area contributed by atoms with Crippen molar-refractivity contribution in [2.45, 2.75) is 103 Å². The van der Waals surface area contributed by atoms with Gasteiger partial charge in [0.05, 0.1) is 16.9 Å². The fourth-order valence-corrected chi connectivity index (χ4v) is 6.71. The summed E-state index contributed by atoms with van der Waals surface area (Å²) in [5.41, 5.74) is 4.15. The largest absolute Gasteiger partial charge is 0.444 e. The molecule has 1 aliphatic rings. The second-order valence-corrected chi connectivity index (χ2v) is 13.1. The van der Waals surface area contributed by atoms with Gasteiger partial charge in [0.1, 0.15) is 12.4 Å². The van der Waals surface area contributed by atoms with Crippen LogP contribution in [0.15, 0.2) is 72.4 Å². The maximum absolute atomic E-state index is 13.3. The summed E-state index contributed by atoms with van der Waals surface area (Å²) in [7, 11) is 0. The van der Waals surface area contributed by atoms with E-state index in [2.05, 4.69) is 58.9 Å². The molecule has 3 aromatic rings. The maximum Gasteiger partial charge on any atom is 0.407 e. The number of thiazole rings is 1. The quantitative estimate of drug-likeness (QED) is 0.144. The lowest BCUT2D eigenvalue weighted by atomic mass is 9.78. The smallest absolute Gasteiger partial charge is 0.407 e. The predicted octanol–water partition coefficient (Wildman–Crippen LogP) is 7.92. The molecule has 1 saturated carbocycles. The van der Waals surface area contributed by atoms with Gasteiger partial charge in [0, 0.05) is 24.2 Å². The summed E-state index contributed by atoms with van der Waals surface area (Å²) in [4.78, 5) is 31.0. The Balaban J connectivity index is 1.32. The first kappa shape index (κ1) is 32.9. The zero-order valence-electron chi connectivity index (χ0n) is 25.7. The van der Waals surface area contributed by atoms with E-state index < -0.39 is 6.09 Å². The first-order chi connectivity index (χ1) is 21.1. The SMILES string of the molecule is CCCCCC1CCC(C(=O)CN[C@H](CC[C@H](Cc2ccccc2)NC(=O)OCc2cncs2)Cc2ccccc2)CC1. The Bertz CT molecular complexity index is 1180. The van der Waals surface area contributed by atoms with Gasteiger partial charge >= 0.3 is 6.09 Å². The molecule has 1 fully saturated rings. The fourth-order valence-electron chi connectivity index (χ4n) is 6.20. The summed E-state index contributed by atoms with van der Waals surface area (Å²) < 4.78 is 5.50. The molecule has 0 radical (unpaired) electrons. The Morgan fingerprint density at radius 2 is 1.56 bits per heavy atom. The summed E-state index contributed by atoms with van der Waals surface area (Å²) in [6, 6.07) is 20.7. The number of alkyl carbamates (subject to hydrolysis) is 1. The summed E-state index contributed by atoms with van der Waals surface area (Å²) in [6.45, 7) is 2.89. The topological polar surface area (TPSA) is 80.3 Å². The molecule has 0 spiro atoms. The van der Waals surface area contributed by atoms with Crippen LogP contribution in [0.3, 0.4) is 0 Å². The monoisotopic (exact) mass is 603 g/mol. The lowest BCUT2D eigenvalue weighted by Crippen LogP contribution is -2.41. The van der Waals surface area contributed by atoms with Gasteiger partial charge in [-0.3, -0.25) is 9.78 Å². The number of aromatic nitrogens is 1. The van der Waals surface area contributed by atoms with Crippen LogP contribution in [0.25, 0.3) is 0 Å². The van der Waals surface area contributed by atoms with Crippen LogP contribution < -0.4 is 10.6 Å². The van der Waals surface area contributed by atoms with Gasteiger partial charge in [-0.1, -0.05) is 93.3 Å². The van der Waals surface area contributed by atoms with Gasteiger partial charge in [0.2, 0.25) is 0 Å². The van der Waals surface area contributed by atoms with Gasteiger partial charge in [-0.25, -0.2) is 4.79 Å². The number of rotatable bonds is 18. The zero-order valence-corrected chi connectivity index (χ0v) is 26.5. The summed E-state index contributed by atoms with van der Waals surface area (Å²) in [6.07, 6.45) is 14.2. The number of ketones is 1. The number of carbonyl (C=O) groups excluding carboxylic acids is 2. The number of hydrogen-bond donors (Lipinski definition) is 2. The third-order valence-electron chi connectivity index (χ3n) is 8.75. The van der Waals surface area contributed by atoms with Gasteiger partial charge < -0.3 is 15.4 Å². The van der Waals surface area contributed by atoms with Crippen LogP contribution in [0.2, 0.25) is 0 Å². The Hall–Kier alpha value is -3.03. The molecule has 2 aromatic carbocycles. The van der Waals surface area contributed by atoms with E-state index in [-0.39, 0.29) is 24.6 Å². The minimum atomic E-state index is -0.414. The third kappa shape index (κ3) is 12.2. The van der Waals surface area contributed by atoms with Gasteiger partial charge in [-0.15, -0.1) is 11.3 Å². The highest BCUT2D eigenvalue weighted by Gasteiger charge is 2.26. The van der Waals surface area contributed by atoms with E-state index in [0.29, 0.717) is 12.3 Å². The van der Waals surface area contributed by atoms with E-state index >= 15 is 0 Å². The molecule has 7 heteroatoms. The summed E-state index contributed by atoms with van der Waals surface area (Å²) in [5.74, 6) is 1.35. The van der Waals surface area contributed by atoms with Crippen molar-refractivity contribution in [1.82, 2.24) is 15.6 Å². The second-order valence-electron chi connectivity index (χ2n) is 12.1. The van der Waals surface area contributed by atoms with Crippen LogP contribution in [0.1, 0.15) is 87.1 Å². The van der Waals surface area contributed by atoms with Crippen LogP contribution in [0.4, 0.5) is 4.79 Å². The number of nitrogens with zero attached hydrogens (tertiary/aromatic N) is 1. The van der Waals surface area contributed by atoms with E-state index in [1.54, 1.807) is 11.7 Å². The molecule has 0 bridgehead atoms. The highest BCUT2D eigenvalue weighted by atomic mass is 32.1. The Morgan fingerprint density at radius 1 is 0.907 bits per heavy atom. The molecular formula is C36H49N3O3S. The van der Waals surface area contributed by atoms with E-state index in [4.69, 9.17) is 4.74 Å². The van der Waals surface area contributed by atoms with Crippen molar-refractivity contribution in [3.8, 4) is 0 Å². The zero-order chi connectivity index (χ0) is 30.1. The molecule has 4 rings (SSSR count). The first-order valence-electron chi connectivity index (χ1n) is 16.2. The maximum atomic E-state index is 13.3. The van der Waals surface area contributed by atoms with E-state index in [1.807, 2.05) is 24.3 Å². The Morgan fingerprint density at radius 3 is 2.19 bits per heavy atom. The molecule has 1 aliphatic carbocycles. The standard InChI is InChI=1S/C36H49N3O3S/c1-2-3-6-11-28-16-18-31(19-17-28)35(40)25-38-32(22-29-12-7-4-8-13-29)20-21-33(23-30-14-9-5-10-15-30)39-36(41)42-26-34-24-37-27-43-34/h4-5,7-10,12-15,24,27-28,31-33,38H,2-3,6,11,16-23,25-26H2,1H3,(H,39,41)/t28?,31?,32-,33-/m1/s1. The molecular weight excluding hydrogens is 554 g/mol. The normalized spacial score (nSPS) is 18.1. The number of Topliss-reactive ketones (excluding diaryl/α,β-unsaturated/α-hetero) is 1. The van der Waals surface area contributed by atoms with Gasteiger partial charge in [0.15, 0.2) is 0 Å². The van der Waals surface area contributed by atoms with Crippen LogP contribution in [0, 0.1) is 11.8 Å². The van der Waals surface area contributed by atoms with Crippen molar-refractivity contribution in [3.05, 3.63) is 88.4 Å². The molecule has 1 aromatic heterocycles. The van der Waals surface area contributed by atoms with E-state index in [1.165, 1.54) is 61.0 Å². The molecule has 232 valence electrons. The number of nitrogens with one attached hydrogen (secondary N) is 2. The van der Waals surface area contributed by atoms with Crippen LogP contribution in [-0.2, 0) is 29.0 Å². The van der Waals surface area contributed by atoms with Crippen molar-refractivity contribution in [2.24, 2.45) is 11.8 Å². The lowest BCUT2D eigenvalue weighted by molar-refractivity contribution is -0.123. The summed E-state index contributed by atoms with van der Waals surface area (Å²) in [5, 5.41) is 6.75. The Labute approximate surface area is 262 Å². The van der Waals surface area contributed by atoms with Crippen molar-refractivity contribution in [3.63, 3.8) is 0 Å². The average Bonchev–Trinajstić information content (AvgIpc) is 3.56. The highest BCUT2D eigenvalue weighted by molar-refractivity contribution is 7.09. The van der Waals surface area contributed by atoms with Crippen LogP contribution >= 0.6 is 11.3 Å². The van der Waals surface area contributed by atoms with Crippen molar-refractivity contribution in [2.75, 3.05) is 6.54 Å². The first-order valence-corrected chi connectivity index (χ1v) is 17.1. The van der Waals surface area contributed by atoms with Gasteiger partial charge in [-0.05, 0) is 68.4 Å². The minimum absolute atomic E-state index is 0.0879. The third-order valence-corrected chi connectivity index (χ3v) is 9.50. The molecule has 43 heavy (non-hydrogen) atoms. The molecule has 1 amide bonds. The molecule has 2 N–H and O–H groups in total. The second kappa shape index (κ2) is 18.6. The van der Waals surface area contributed by atoms with Crippen LogP contribution in [0.5, 0.6) is 0 Å². The van der Waals surface area contributed by atoms with E-state index in [9.17, 15) is 9.59 Å². The van der Waals surface area contributed by atoms with Crippen LogP contribution in [-0.4, -0.2) is 35.5 Å². The average molecular weight is 604 g/mol. The van der Waals surface area contributed by atoms with E-state index in [0.717, 1.165) is 49.3 Å². The number of ether oxygens (including phenoxy) is 1. The van der Waals surface area contributed by atoms with Crippen molar-refractivity contribution < 1.29 is 14.3 Å². The number of benzene rings is 2. The number of carbonyl (C=O) groups is 2. The molecule has 1 heterocycles. The van der Waals surface area contributed by atoms with Gasteiger partial charge in [0.25, 0.3) is 0 Å². The summed E-state index contributed by atoms with van der Waals surface area (Å²) >= 11 is 1.47. The lowest BCUT2D eigenvalue weighted by Gasteiger charge is -2.28. The molecule has 0 saturated heterocycles. The number of unbranched alkanes of at least 4 members (excludes halogenated alkanes) is 2. The van der Waals surface area contributed by atoms with Crippen molar-refractivity contribution >= 4 is 23.2 Å². The predicted molar refractivity (Wildman–Crippen MR) is 175 cm³/mol. The van der Waals surface area contributed by atoms with Gasteiger partial charge in [-0.2, -0.15) is 0 Å².